The quantitative estimate of drug-likeness (QED) is 0.732. The first kappa shape index (κ1) is 12.7. The van der Waals surface area contributed by atoms with E-state index >= 15 is 0 Å². The van der Waals surface area contributed by atoms with Gasteiger partial charge in [0.05, 0.1) is 5.56 Å². The lowest BCUT2D eigenvalue weighted by Gasteiger charge is -2.02. The molecule has 0 aromatic heterocycles. The Kier molecular flexibility index (Phi) is 3.17. The molecule has 0 fully saturated rings. The number of carbonyl (C=O) groups is 1. The molecule has 0 aliphatic heterocycles. The molecule has 2 aliphatic rings. The first-order chi connectivity index (χ1) is 9.66. The van der Waals surface area contributed by atoms with Crippen LogP contribution in [0, 0.1) is 0 Å². The third-order valence-corrected chi connectivity index (χ3v) is 3.50. The fraction of sp³-hybridized carbons (Fsp3) is 0. The van der Waals surface area contributed by atoms with Crippen molar-refractivity contribution in [2.24, 2.45) is 0 Å². The lowest BCUT2D eigenvalue weighted by Crippen LogP contribution is -1.97. The van der Waals surface area contributed by atoms with Crippen molar-refractivity contribution in [1.82, 2.24) is 0 Å². The van der Waals surface area contributed by atoms with Crippen LogP contribution in [-0.2, 0) is 0 Å². The summed E-state index contributed by atoms with van der Waals surface area (Å²) < 4.78 is 0. The van der Waals surface area contributed by atoms with Gasteiger partial charge in [-0.1, -0.05) is 54.1 Å². The molecule has 0 saturated heterocycles. The van der Waals surface area contributed by atoms with Gasteiger partial charge in [-0.05, 0) is 40.5 Å². The molecule has 0 unspecified atom stereocenters. The predicted octanol–water partition coefficient (Wildman–Crippen LogP) is 4.81. The third kappa shape index (κ3) is 2.15. The van der Waals surface area contributed by atoms with Crippen LogP contribution in [-0.4, -0.2) is 11.1 Å². The standard InChI is InChI=1S/C17H11ClO2/c18-13-7-4-6-11(9-13)15-10-12-5-2-1-3-8-14(12)16(15)17(19)20/h1-10H,(H,19,20). The van der Waals surface area contributed by atoms with Crippen LogP contribution in [0.5, 0.6) is 0 Å². The van der Waals surface area contributed by atoms with Gasteiger partial charge in [0.1, 0.15) is 0 Å². The fourth-order valence-corrected chi connectivity index (χ4v) is 2.59. The van der Waals surface area contributed by atoms with Crippen LogP contribution in [0.3, 0.4) is 0 Å². The first-order valence-corrected chi connectivity index (χ1v) is 6.55. The Morgan fingerprint density at radius 1 is 0.850 bits per heavy atom. The summed E-state index contributed by atoms with van der Waals surface area (Å²) in [5.74, 6) is -0.929. The van der Waals surface area contributed by atoms with Gasteiger partial charge < -0.3 is 5.11 Å². The summed E-state index contributed by atoms with van der Waals surface area (Å²) >= 11 is 6.00. The predicted molar refractivity (Wildman–Crippen MR) is 80.5 cm³/mol. The molecule has 2 aliphatic carbocycles. The molecule has 2 nitrogen and oxygen atoms in total. The van der Waals surface area contributed by atoms with Gasteiger partial charge in [-0.3, -0.25) is 0 Å². The molecule has 0 atom stereocenters. The van der Waals surface area contributed by atoms with Gasteiger partial charge in [0.15, 0.2) is 0 Å². The first-order valence-electron chi connectivity index (χ1n) is 6.18. The van der Waals surface area contributed by atoms with Crippen molar-refractivity contribution in [1.29, 1.82) is 0 Å². The molecule has 1 N–H and O–H groups in total. The van der Waals surface area contributed by atoms with Crippen molar-refractivity contribution in [3.05, 3.63) is 71.2 Å². The topological polar surface area (TPSA) is 37.3 Å². The average molecular weight is 283 g/mol. The minimum atomic E-state index is -0.929. The second kappa shape index (κ2) is 4.99. The SMILES string of the molecule is O=C(O)c1c2cccccc-2cc1-c1cccc(Cl)c1. The Bertz CT molecular complexity index is 765. The van der Waals surface area contributed by atoms with Crippen LogP contribution in [0.25, 0.3) is 22.3 Å². The van der Waals surface area contributed by atoms with E-state index in [1.54, 1.807) is 12.1 Å². The molecule has 0 radical (unpaired) electrons. The molecule has 3 rings (SSSR count). The molecular formula is C17H11ClO2. The third-order valence-electron chi connectivity index (χ3n) is 3.26. The number of carboxylic acids is 1. The molecular weight excluding hydrogens is 272 g/mol. The smallest absolute Gasteiger partial charge is 0.336 e. The van der Waals surface area contributed by atoms with E-state index in [4.69, 9.17) is 11.6 Å². The molecule has 0 bridgehead atoms. The summed E-state index contributed by atoms with van der Waals surface area (Å²) in [5.41, 5.74) is 3.47. The van der Waals surface area contributed by atoms with Crippen molar-refractivity contribution in [2.75, 3.05) is 0 Å². The summed E-state index contributed by atoms with van der Waals surface area (Å²) in [6.07, 6.45) is 0. The number of hydrogen-bond donors (Lipinski definition) is 1. The zero-order valence-electron chi connectivity index (χ0n) is 10.5. The van der Waals surface area contributed by atoms with E-state index in [0.717, 1.165) is 16.7 Å². The molecule has 1 aromatic rings. The maximum Gasteiger partial charge on any atom is 0.336 e. The average Bonchev–Trinajstić information content (AvgIpc) is 2.63. The van der Waals surface area contributed by atoms with E-state index in [9.17, 15) is 9.90 Å². The molecule has 0 heterocycles. The second-order valence-corrected chi connectivity index (χ2v) is 4.96. The van der Waals surface area contributed by atoms with Crippen molar-refractivity contribution in [2.45, 2.75) is 0 Å². The van der Waals surface area contributed by atoms with E-state index in [0.29, 0.717) is 16.1 Å². The normalized spacial score (nSPS) is 10.7. The molecule has 3 heteroatoms. The summed E-state index contributed by atoms with van der Waals surface area (Å²) in [6, 6.07) is 18.5. The monoisotopic (exact) mass is 282 g/mol. The van der Waals surface area contributed by atoms with E-state index in [2.05, 4.69) is 0 Å². The summed E-state index contributed by atoms with van der Waals surface area (Å²) in [4.78, 5) is 11.6. The molecule has 1 aromatic carbocycles. The minimum absolute atomic E-state index is 0.318. The highest BCUT2D eigenvalue weighted by Crippen LogP contribution is 2.38. The zero-order valence-corrected chi connectivity index (χ0v) is 11.3. The van der Waals surface area contributed by atoms with E-state index in [1.165, 1.54) is 0 Å². The molecule has 0 saturated carbocycles. The number of carboxylic acid groups (broad SMARTS) is 1. The lowest BCUT2D eigenvalue weighted by molar-refractivity contribution is 0.0699. The molecule has 0 amide bonds. The fourth-order valence-electron chi connectivity index (χ4n) is 2.40. The van der Waals surface area contributed by atoms with Crippen LogP contribution in [0.15, 0.2) is 60.7 Å². The Balaban J connectivity index is 2.33. The molecule has 98 valence electrons. The van der Waals surface area contributed by atoms with E-state index < -0.39 is 5.97 Å². The largest absolute Gasteiger partial charge is 0.478 e. The highest BCUT2D eigenvalue weighted by molar-refractivity contribution is 6.30. The number of benzene rings is 1. The van der Waals surface area contributed by atoms with Crippen molar-refractivity contribution in [3.63, 3.8) is 0 Å². The zero-order chi connectivity index (χ0) is 14.1. The van der Waals surface area contributed by atoms with Gasteiger partial charge in [0, 0.05) is 5.02 Å². The summed E-state index contributed by atoms with van der Waals surface area (Å²) in [6.45, 7) is 0. The Hall–Kier alpha value is -2.32. The lowest BCUT2D eigenvalue weighted by atomic mass is 10.0. The number of rotatable bonds is 2. The minimum Gasteiger partial charge on any atom is -0.478 e. The van der Waals surface area contributed by atoms with Gasteiger partial charge in [-0.25, -0.2) is 4.79 Å². The maximum atomic E-state index is 11.6. The number of fused-ring (bicyclic) bond motifs is 1. The Morgan fingerprint density at radius 3 is 2.30 bits per heavy atom. The van der Waals surface area contributed by atoms with Crippen LogP contribution in [0.2, 0.25) is 5.02 Å². The molecule has 0 spiro atoms. The van der Waals surface area contributed by atoms with Gasteiger partial charge >= 0.3 is 5.97 Å². The Labute approximate surface area is 121 Å². The Morgan fingerprint density at radius 2 is 1.55 bits per heavy atom. The number of hydrogen-bond acceptors (Lipinski definition) is 1. The van der Waals surface area contributed by atoms with Gasteiger partial charge in [-0.15, -0.1) is 0 Å². The maximum absolute atomic E-state index is 11.6. The van der Waals surface area contributed by atoms with Crippen molar-refractivity contribution in [3.8, 4) is 22.3 Å². The highest BCUT2D eigenvalue weighted by atomic mass is 35.5. The van der Waals surface area contributed by atoms with Crippen LogP contribution < -0.4 is 0 Å². The van der Waals surface area contributed by atoms with Crippen LogP contribution in [0.1, 0.15) is 10.4 Å². The van der Waals surface area contributed by atoms with Crippen LogP contribution >= 0.6 is 11.6 Å². The van der Waals surface area contributed by atoms with E-state index in [1.807, 2.05) is 48.5 Å². The van der Waals surface area contributed by atoms with Crippen molar-refractivity contribution >= 4 is 17.6 Å². The van der Waals surface area contributed by atoms with Crippen LogP contribution in [0.4, 0.5) is 0 Å². The van der Waals surface area contributed by atoms with Gasteiger partial charge in [0.25, 0.3) is 0 Å². The summed E-state index contributed by atoms with van der Waals surface area (Å²) in [5, 5.41) is 10.1. The number of aromatic carboxylic acids is 1. The van der Waals surface area contributed by atoms with Crippen molar-refractivity contribution < 1.29 is 9.90 Å². The van der Waals surface area contributed by atoms with Gasteiger partial charge in [0.2, 0.25) is 0 Å². The molecule has 20 heavy (non-hydrogen) atoms. The van der Waals surface area contributed by atoms with E-state index in [-0.39, 0.29) is 0 Å². The summed E-state index contributed by atoms with van der Waals surface area (Å²) in [7, 11) is 0. The second-order valence-electron chi connectivity index (χ2n) is 4.53. The number of halogens is 1. The van der Waals surface area contributed by atoms with Gasteiger partial charge in [-0.2, -0.15) is 0 Å². The highest BCUT2D eigenvalue weighted by Gasteiger charge is 2.21.